The molecule has 2 nitrogen and oxygen atoms in total. The monoisotopic (exact) mass is 295 g/mol. The Labute approximate surface area is 126 Å². The van der Waals surface area contributed by atoms with Crippen molar-refractivity contribution >= 4 is 21.7 Å². The molecule has 0 fully saturated rings. The van der Waals surface area contributed by atoms with Crippen molar-refractivity contribution in [3.05, 3.63) is 54.1 Å². The van der Waals surface area contributed by atoms with Crippen molar-refractivity contribution in [3.63, 3.8) is 0 Å². The Hall–Kier alpha value is -1.87. The zero-order chi connectivity index (χ0) is 14.4. The van der Waals surface area contributed by atoms with Crippen LogP contribution >= 0.6 is 0 Å². The Morgan fingerprint density at radius 3 is 2.71 bits per heavy atom. The summed E-state index contributed by atoms with van der Waals surface area (Å²) in [5, 5.41) is 1.25. The van der Waals surface area contributed by atoms with E-state index in [9.17, 15) is 4.21 Å². The predicted molar refractivity (Wildman–Crippen MR) is 87.8 cm³/mol. The van der Waals surface area contributed by atoms with Crippen LogP contribution in [0.15, 0.2) is 53.4 Å². The fourth-order valence-corrected chi connectivity index (χ4v) is 4.70. The van der Waals surface area contributed by atoms with Crippen LogP contribution in [0.5, 0.6) is 0 Å². The first-order valence-electron chi connectivity index (χ1n) is 7.39. The first kappa shape index (κ1) is 12.8. The molecule has 0 amide bonds. The van der Waals surface area contributed by atoms with Crippen molar-refractivity contribution in [2.45, 2.75) is 30.5 Å². The molecule has 3 aromatic rings. The minimum absolute atomic E-state index is 0.629. The summed E-state index contributed by atoms with van der Waals surface area (Å²) in [6.45, 7) is 3.20. The molecular weight excluding hydrogens is 278 g/mol. The molecule has 21 heavy (non-hydrogen) atoms. The van der Waals surface area contributed by atoms with E-state index in [0.717, 1.165) is 23.4 Å². The number of benzene rings is 2. The van der Waals surface area contributed by atoms with Crippen molar-refractivity contribution < 1.29 is 4.21 Å². The van der Waals surface area contributed by atoms with Crippen LogP contribution in [0, 0.1) is 0 Å². The van der Waals surface area contributed by atoms with Crippen LogP contribution in [0.2, 0.25) is 0 Å². The van der Waals surface area contributed by atoms with Crippen LogP contribution in [-0.2, 0) is 23.1 Å². The molecule has 2 aromatic carbocycles. The Balaban J connectivity index is 2.14. The van der Waals surface area contributed by atoms with Crippen molar-refractivity contribution in [1.29, 1.82) is 0 Å². The number of hydrogen-bond donors (Lipinski definition) is 0. The smallest absolute Gasteiger partial charge is 0.0582 e. The van der Waals surface area contributed by atoms with Gasteiger partial charge in [-0.3, -0.25) is 4.21 Å². The van der Waals surface area contributed by atoms with Gasteiger partial charge in [0.1, 0.15) is 0 Å². The molecule has 4 rings (SSSR count). The quantitative estimate of drug-likeness (QED) is 0.689. The van der Waals surface area contributed by atoms with Gasteiger partial charge in [0.2, 0.25) is 0 Å². The molecule has 0 saturated carbocycles. The molecule has 1 atom stereocenters. The van der Waals surface area contributed by atoms with E-state index >= 15 is 0 Å². The summed E-state index contributed by atoms with van der Waals surface area (Å²) in [5.41, 5.74) is 4.92. The molecule has 1 aliphatic rings. The van der Waals surface area contributed by atoms with Crippen LogP contribution in [0.25, 0.3) is 22.2 Å². The van der Waals surface area contributed by atoms with E-state index in [1.807, 2.05) is 18.2 Å². The number of nitrogens with zero attached hydrogens (tertiary/aromatic N) is 1. The van der Waals surface area contributed by atoms with Gasteiger partial charge in [-0.25, -0.2) is 0 Å². The number of hydrogen-bond acceptors (Lipinski definition) is 1. The molecular formula is C18H17NOS. The highest BCUT2D eigenvalue weighted by Crippen LogP contribution is 2.41. The molecule has 0 aliphatic carbocycles. The van der Waals surface area contributed by atoms with Crippen molar-refractivity contribution in [2.24, 2.45) is 0 Å². The van der Waals surface area contributed by atoms with Crippen molar-refractivity contribution in [3.8, 4) is 11.3 Å². The lowest BCUT2D eigenvalue weighted by Gasteiger charge is -2.19. The molecule has 1 aromatic heterocycles. The second kappa shape index (κ2) is 4.85. The molecule has 3 heteroatoms. The molecule has 0 N–H and O–H groups in total. The molecule has 0 spiro atoms. The number of aryl methyl sites for hydroxylation is 1. The summed E-state index contributed by atoms with van der Waals surface area (Å²) in [7, 11) is -0.936. The summed E-state index contributed by atoms with van der Waals surface area (Å²) in [6.07, 6.45) is 1.09. The molecule has 0 radical (unpaired) electrons. The number of aromatic nitrogens is 1. The largest absolute Gasteiger partial charge is 0.340 e. The maximum atomic E-state index is 12.6. The summed E-state index contributed by atoms with van der Waals surface area (Å²) < 4.78 is 15.0. The molecule has 106 valence electrons. The minimum atomic E-state index is -0.936. The van der Waals surface area contributed by atoms with Gasteiger partial charge in [-0.15, -0.1) is 0 Å². The summed E-state index contributed by atoms with van der Waals surface area (Å²) >= 11 is 0. The van der Waals surface area contributed by atoms with Crippen LogP contribution in [0.3, 0.4) is 0 Å². The molecule has 2 heterocycles. The Morgan fingerprint density at radius 1 is 1.10 bits per heavy atom. The molecule has 1 unspecified atom stereocenters. The Kier molecular flexibility index (Phi) is 2.96. The van der Waals surface area contributed by atoms with Gasteiger partial charge in [0.25, 0.3) is 0 Å². The maximum Gasteiger partial charge on any atom is 0.0582 e. The summed E-state index contributed by atoms with van der Waals surface area (Å²) in [4.78, 5) is 0.977. The van der Waals surface area contributed by atoms with E-state index in [2.05, 4.69) is 41.8 Å². The average molecular weight is 295 g/mol. The number of fused-ring (bicyclic) bond motifs is 5. The van der Waals surface area contributed by atoms with Crippen LogP contribution in [0.4, 0.5) is 0 Å². The normalized spacial score (nSPS) is 16.7. The SMILES string of the molecule is CCCn1c2c(c3ccccc31)CS(=O)c1ccccc1-2. The maximum absolute atomic E-state index is 12.6. The van der Waals surface area contributed by atoms with E-state index in [0.29, 0.717) is 5.75 Å². The van der Waals surface area contributed by atoms with Gasteiger partial charge >= 0.3 is 0 Å². The van der Waals surface area contributed by atoms with Crippen LogP contribution in [0.1, 0.15) is 18.9 Å². The summed E-state index contributed by atoms with van der Waals surface area (Å²) in [5.74, 6) is 0.629. The molecule has 0 bridgehead atoms. The number of rotatable bonds is 2. The third-order valence-electron chi connectivity index (χ3n) is 4.19. The lowest BCUT2D eigenvalue weighted by molar-refractivity contribution is 0.679. The fraction of sp³-hybridized carbons (Fsp3) is 0.222. The lowest BCUT2D eigenvalue weighted by Crippen LogP contribution is -2.09. The van der Waals surface area contributed by atoms with E-state index in [1.165, 1.54) is 22.2 Å². The predicted octanol–water partition coefficient (Wildman–Crippen LogP) is 4.34. The first-order chi connectivity index (χ1) is 10.3. The van der Waals surface area contributed by atoms with Gasteiger partial charge in [0.15, 0.2) is 0 Å². The highest BCUT2D eigenvalue weighted by Gasteiger charge is 2.27. The Morgan fingerprint density at radius 2 is 1.86 bits per heavy atom. The Bertz CT molecular complexity index is 863. The molecule has 0 saturated heterocycles. The second-order valence-corrected chi connectivity index (χ2v) is 6.90. The standard InChI is InChI=1S/C18H17NOS/c1-2-11-19-16-9-5-3-7-13(16)15-12-21(20)17-10-6-4-8-14(17)18(15)19/h3-10H,2,11-12H2,1H3. The van der Waals surface area contributed by atoms with Gasteiger partial charge in [-0.2, -0.15) is 0 Å². The minimum Gasteiger partial charge on any atom is -0.340 e. The molecule has 1 aliphatic heterocycles. The van der Waals surface area contributed by atoms with Crippen molar-refractivity contribution in [2.75, 3.05) is 0 Å². The third-order valence-corrected chi connectivity index (χ3v) is 5.58. The van der Waals surface area contributed by atoms with Crippen molar-refractivity contribution in [1.82, 2.24) is 4.57 Å². The van der Waals surface area contributed by atoms with Gasteiger partial charge < -0.3 is 4.57 Å². The third kappa shape index (κ3) is 1.80. The average Bonchev–Trinajstić information content (AvgIpc) is 2.83. The highest BCUT2D eigenvalue weighted by atomic mass is 32.2. The van der Waals surface area contributed by atoms with Gasteiger partial charge in [-0.05, 0) is 24.1 Å². The van der Waals surface area contributed by atoms with E-state index in [1.54, 1.807) is 0 Å². The number of para-hydroxylation sites is 1. The zero-order valence-corrected chi connectivity index (χ0v) is 12.8. The van der Waals surface area contributed by atoms with Gasteiger partial charge in [0.05, 0.1) is 22.2 Å². The highest BCUT2D eigenvalue weighted by molar-refractivity contribution is 7.84. The summed E-state index contributed by atoms with van der Waals surface area (Å²) in [6, 6.07) is 16.6. The second-order valence-electron chi connectivity index (χ2n) is 5.48. The van der Waals surface area contributed by atoms with Gasteiger partial charge in [0, 0.05) is 27.9 Å². The van der Waals surface area contributed by atoms with Crippen LogP contribution < -0.4 is 0 Å². The van der Waals surface area contributed by atoms with Crippen LogP contribution in [-0.4, -0.2) is 8.78 Å². The first-order valence-corrected chi connectivity index (χ1v) is 8.71. The van der Waals surface area contributed by atoms with E-state index in [4.69, 9.17) is 0 Å². The van der Waals surface area contributed by atoms with E-state index in [-0.39, 0.29) is 0 Å². The fourth-order valence-electron chi connectivity index (χ4n) is 3.35. The lowest BCUT2D eigenvalue weighted by atomic mass is 10.1. The zero-order valence-electron chi connectivity index (χ0n) is 12.0. The van der Waals surface area contributed by atoms with Gasteiger partial charge in [-0.1, -0.05) is 43.3 Å². The topological polar surface area (TPSA) is 22.0 Å². The van der Waals surface area contributed by atoms with E-state index < -0.39 is 10.8 Å².